The van der Waals surface area contributed by atoms with Gasteiger partial charge < -0.3 is 19.4 Å². The number of benzene rings is 1. The van der Waals surface area contributed by atoms with E-state index >= 15 is 0 Å². The van der Waals surface area contributed by atoms with Crippen molar-refractivity contribution in [1.29, 1.82) is 0 Å². The van der Waals surface area contributed by atoms with Crippen molar-refractivity contribution >= 4 is 5.91 Å². The molecule has 1 aromatic heterocycles. The number of fused-ring (bicyclic) bond motifs is 1. The van der Waals surface area contributed by atoms with Crippen LogP contribution in [-0.4, -0.2) is 54.3 Å². The fourth-order valence-electron chi connectivity index (χ4n) is 3.23. The van der Waals surface area contributed by atoms with Gasteiger partial charge in [-0.05, 0) is 6.07 Å². The molecule has 0 fully saturated rings. The first-order valence-electron chi connectivity index (χ1n) is 8.32. The number of nitrogens with one attached hydrogen (secondary N) is 1. The molecule has 1 N–H and O–H groups in total. The number of imidazole rings is 1. The zero-order valence-corrected chi connectivity index (χ0v) is 14.6. The molecular formula is C18H24N4O3. The Bertz CT molecular complexity index is 716. The molecule has 7 heteroatoms. The van der Waals surface area contributed by atoms with Crippen LogP contribution in [0, 0.1) is 0 Å². The Morgan fingerprint density at radius 2 is 2.20 bits per heavy atom. The molecule has 1 amide bonds. The summed E-state index contributed by atoms with van der Waals surface area (Å²) in [5.74, 6) is 0.789. The third-order valence-electron chi connectivity index (χ3n) is 4.39. The lowest BCUT2D eigenvalue weighted by Gasteiger charge is -2.34. The minimum Gasteiger partial charge on any atom is -0.496 e. The molecule has 0 spiro atoms. The Morgan fingerprint density at radius 3 is 3.00 bits per heavy atom. The van der Waals surface area contributed by atoms with Crippen LogP contribution < -0.4 is 10.1 Å². The van der Waals surface area contributed by atoms with E-state index in [0.717, 1.165) is 36.6 Å². The quantitative estimate of drug-likeness (QED) is 0.818. The van der Waals surface area contributed by atoms with Crippen LogP contribution in [0.3, 0.4) is 0 Å². The van der Waals surface area contributed by atoms with Gasteiger partial charge in [-0.25, -0.2) is 4.98 Å². The summed E-state index contributed by atoms with van der Waals surface area (Å²) < 4.78 is 12.5. The van der Waals surface area contributed by atoms with Crippen molar-refractivity contribution in [2.45, 2.75) is 19.1 Å². The lowest BCUT2D eigenvalue weighted by Crippen LogP contribution is -2.42. The van der Waals surface area contributed by atoms with E-state index in [-0.39, 0.29) is 18.6 Å². The summed E-state index contributed by atoms with van der Waals surface area (Å²) in [6.07, 6.45) is 3.72. The second-order valence-corrected chi connectivity index (χ2v) is 6.16. The summed E-state index contributed by atoms with van der Waals surface area (Å²) in [4.78, 5) is 18.3. The minimum atomic E-state index is -0.106. The molecule has 7 nitrogen and oxygen atoms in total. The van der Waals surface area contributed by atoms with Gasteiger partial charge >= 0.3 is 0 Å². The van der Waals surface area contributed by atoms with E-state index in [1.54, 1.807) is 7.11 Å². The largest absolute Gasteiger partial charge is 0.496 e. The molecule has 0 unspecified atom stereocenters. The summed E-state index contributed by atoms with van der Waals surface area (Å²) in [5, 5.41) is 2.93. The molecule has 1 aliphatic rings. The van der Waals surface area contributed by atoms with Crippen molar-refractivity contribution in [1.82, 2.24) is 19.8 Å². The summed E-state index contributed by atoms with van der Waals surface area (Å²) >= 11 is 0. The van der Waals surface area contributed by atoms with Crippen molar-refractivity contribution < 1.29 is 14.3 Å². The van der Waals surface area contributed by atoms with Crippen molar-refractivity contribution in [3.8, 4) is 5.75 Å². The normalized spacial score (nSPS) is 17.1. The number of aromatic nitrogens is 2. The van der Waals surface area contributed by atoms with E-state index in [4.69, 9.17) is 9.47 Å². The summed E-state index contributed by atoms with van der Waals surface area (Å²) in [6.45, 7) is 3.06. The zero-order chi connectivity index (χ0) is 17.6. The number of hydrogen-bond donors (Lipinski definition) is 1. The van der Waals surface area contributed by atoms with Gasteiger partial charge in [-0.2, -0.15) is 0 Å². The molecule has 0 saturated carbocycles. The predicted molar refractivity (Wildman–Crippen MR) is 93.3 cm³/mol. The average Bonchev–Trinajstić information content (AvgIpc) is 3.09. The Hall–Kier alpha value is -2.38. The second-order valence-electron chi connectivity index (χ2n) is 6.16. The van der Waals surface area contributed by atoms with Gasteiger partial charge in [0.2, 0.25) is 5.91 Å². The Morgan fingerprint density at radius 1 is 1.36 bits per heavy atom. The first-order chi connectivity index (χ1) is 12.2. The van der Waals surface area contributed by atoms with E-state index in [1.807, 2.05) is 30.7 Å². The van der Waals surface area contributed by atoms with Gasteiger partial charge in [0.25, 0.3) is 0 Å². The summed E-state index contributed by atoms with van der Waals surface area (Å²) in [5.41, 5.74) is 2.30. The van der Waals surface area contributed by atoms with E-state index in [9.17, 15) is 4.79 Å². The number of amides is 1. The lowest BCUT2D eigenvalue weighted by molar-refractivity contribution is -0.124. The molecular weight excluding hydrogens is 320 g/mol. The summed E-state index contributed by atoms with van der Waals surface area (Å²) in [7, 11) is 3.21. The van der Waals surface area contributed by atoms with Gasteiger partial charge in [0.15, 0.2) is 0 Å². The molecule has 2 heterocycles. The van der Waals surface area contributed by atoms with Gasteiger partial charge in [0.1, 0.15) is 12.4 Å². The number of nitrogens with zero attached hydrogens (tertiary/aromatic N) is 3. The highest BCUT2D eigenvalue weighted by atomic mass is 16.5. The van der Waals surface area contributed by atoms with Crippen molar-refractivity contribution in [3.63, 3.8) is 0 Å². The lowest BCUT2D eigenvalue weighted by atomic mass is 10.1. The number of ether oxygens (including phenoxy) is 2. The number of carbonyl (C=O) groups excluding carboxylic acids is 1. The van der Waals surface area contributed by atoms with Crippen LogP contribution in [-0.2, 0) is 22.6 Å². The fraction of sp³-hybridized carbons (Fsp3) is 0.444. The molecule has 1 aromatic carbocycles. The monoisotopic (exact) mass is 344 g/mol. The first-order valence-corrected chi connectivity index (χ1v) is 8.32. The molecule has 0 aliphatic carbocycles. The number of carbonyl (C=O) groups is 1. The maximum Gasteiger partial charge on any atom is 0.246 e. The Kier molecular flexibility index (Phi) is 5.67. The van der Waals surface area contributed by atoms with Crippen LogP contribution in [0.15, 0.2) is 36.8 Å². The van der Waals surface area contributed by atoms with Crippen LogP contribution in [0.1, 0.15) is 17.3 Å². The van der Waals surface area contributed by atoms with Gasteiger partial charge in [-0.1, -0.05) is 18.2 Å². The van der Waals surface area contributed by atoms with Crippen molar-refractivity contribution in [2.75, 3.05) is 33.9 Å². The van der Waals surface area contributed by atoms with E-state index in [2.05, 4.69) is 25.8 Å². The standard InChI is InChI=1S/C18H24N4O3/c1-24-12-18(23)20-8-16-11-21(10-15-7-19-13-22(15)16)9-14-5-3-4-6-17(14)25-2/h3-7,13,16H,8-12H2,1-2H3,(H,20,23)/t16-/m1/s1. The van der Waals surface area contributed by atoms with E-state index < -0.39 is 0 Å². The SMILES string of the molecule is COCC(=O)NC[C@@H]1CN(Cc2ccccc2OC)Cc2cncn21. The third kappa shape index (κ3) is 4.18. The predicted octanol–water partition coefficient (Wildman–Crippen LogP) is 1.21. The van der Waals surface area contributed by atoms with Gasteiger partial charge in [0.05, 0.1) is 25.2 Å². The first kappa shape index (κ1) is 17.4. The zero-order valence-electron chi connectivity index (χ0n) is 14.6. The van der Waals surface area contributed by atoms with Crippen LogP contribution >= 0.6 is 0 Å². The molecule has 134 valence electrons. The highest BCUT2D eigenvalue weighted by molar-refractivity contribution is 5.77. The molecule has 0 radical (unpaired) electrons. The topological polar surface area (TPSA) is 68.6 Å². The molecule has 2 aromatic rings. The number of para-hydroxylation sites is 1. The van der Waals surface area contributed by atoms with E-state index in [1.165, 1.54) is 7.11 Å². The highest BCUT2D eigenvalue weighted by Crippen LogP contribution is 2.25. The van der Waals surface area contributed by atoms with Gasteiger partial charge in [-0.15, -0.1) is 0 Å². The smallest absolute Gasteiger partial charge is 0.246 e. The summed E-state index contributed by atoms with van der Waals surface area (Å²) in [6, 6.07) is 8.20. The maximum atomic E-state index is 11.7. The van der Waals surface area contributed by atoms with Crippen LogP contribution in [0.2, 0.25) is 0 Å². The van der Waals surface area contributed by atoms with E-state index in [0.29, 0.717) is 6.54 Å². The van der Waals surface area contributed by atoms with Crippen molar-refractivity contribution in [2.24, 2.45) is 0 Å². The highest BCUT2D eigenvalue weighted by Gasteiger charge is 2.25. The molecule has 1 atom stereocenters. The van der Waals surface area contributed by atoms with Crippen molar-refractivity contribution in [3.05, 3.63) is 48.0 Å². The van der Waals surface area contributed by atoms with Crippen LogP contribution in [0.25, 0.3) is 0 Å². The van der Waals surface area contributed by atoms with Gasteiger partial charge in [0, 0.05) is 45.0 Å². The second kappa shape index (κ2) is 8.13. The third-order valence-corrected chi connectivity index (χ3v) is 4.39. The number of rotatable bonds is 7. The molecule has 0 saturated heterocycles. The molecule has 0 bridgehead atoms. The Labute approximate surface area is 147 Å². The maximum absolute atomic E-state index is 11.7. The fourth-order valence-corrected chi connectivity index (χ4v) is 3.23. The number of methoxy groups -OCH3 is 2. The average molecular weight is 344 g/mol. The molecule has 3 rings (SSSR count). The molecule has 1 aliphatic heterocycles. The van der Waals surface area contributed by atoms with Crippen LogP contribution in [0.4, 0.5) is 0 Å². The van der Waals surface area contributed by atoms with Gasteiger partial charge in [-0.3, -0.25) is 9.69 Å². The Balaban J connectivity index is 1.70. The van der Waals surface area contributed by atoms with Crippen LogP contribution in [0.5, 0.6) is 5.75 Å². The minimum absolute atomic E-state index is 0.0778. The number of hydrogen-bond acceptors (Lipinski definition) is 5. The molecule has 25 heavy (non-hydrogen) atoms.